The van der Waals surface area contributed by atoms with Gasteiger partial charge in [0.1, 0.15) is 0 Å². The van der Waals surface area contributed by atoms with E-state index < -0.39 is 0 Å². The molecule has 0 aromatic carbocycles. The van der Waals surface area contributed by atoms with E-state index in [1.165, 1.54) is 77.0 Å². The van der Waals surface area contributed by atoms with Crippen LogP contribution in [0.25, 0.3) is 0 Å². The second kappa shape index (κ2) is 8.44. The van der Waals surface area contributed by atoms with Gasteiger partial charge in [-0.25, -0.2) is 0 Å². The van der Waals surface area contributed by atoms with Crippen LogP contribution in [-0.2, 0) is 0 Å². The molecule has 20 heavy (non-hydrogen) atoms. The van der Waals surface area contributed by atoms with E-state index in [1.54, 1.807) is 0 Å². The average Bonchev–Trinajstić information content (AvgIpc) is 3.12. The fourth-order valence-electron chi connectivity index (χ4n) is 4.61. The molecule has 0 radical (unpaired) electrons. The van der Waals surface area contributed by atoms with E-state index in [-0.39, 0.29) is 0 Å². The maximum atomic E-state index is 2.51. The molecule has 0 aromatic heterocycles. The lowest BCUT2D eigenvalue weighted by Gasteiger charge is -2.22. The maximum Gasteiger partial charge on any atom is -0.0357 e. The highest BCUT2D eigenvalue weighted by atomic mass is 14.4. The summed E-state index contributed by atoms with van der Waals surface area (Å²) in [5.74, 6) is 5.15. The van der Waals surface area contributed by atoms with Gasteiger partial charge in [-0.3, -0.25) is 0 Å². The minimum Gasteiger partial charge on any atom is -0.0625 e. The Kier molecular flexibility index (Phi) is 6.91. The molecule has 0 bridgehead atoms. The smallest absolute Gasteiger partial charge is 0.0357 e. The molecule has 0 amide bonds. The molecule has 0 heterocycles. The van der Waals surface area contributed by atoms with Gasteiger partial charge < -0.3 is 0 Å². The zero-order chi connectivity index (χ0) is 14.4. The quantitative estimate of drug-likeness (QED) is 0.493. The zero-order valence-electron chi connectivity index (χ0n) is 14.4. The SMILES string of the molecule is CC1CCCCCCCCC(C2CC2C)CCC(C)C1. The van der Waals surface area contributed by atoms with Crippen molar-refractivity contribution in [1.29, 1.82) is 0 Å². The molecule has 5 unspecified atom stereocenters. The van der Waals surface area contributed by atoms with Crippen LogP contribution >= 0.6 is 0 Å². The number of hydrogen-bond acceptors (Lipinski definition) is 0. The first-order chi connectivity index (χ1) is 9.66. The summed E-state index contributed by atoms with van der Waals surface area (Å²) in [7, 11) is 0. The van der Waals surface area contributed by atoms with Gasteiger partial charge in [0, 0.05) is 0 Å². The lowest BCUT2D eigenvalue weighted by atomic mass is 9.84. The first-order valence-electron chi connectivity index (χ1n) is 9.66. The van der Waals surface area contributed by atoms with E-state index in [0.29, 0.717) is 0 Å². The Hall–Kier alpha value is 0. The van der Waals surface area contributed by atoms with Crippen LogP contribution in [0.1, 0.15) is 97.8 Å². The zero-order valence-corrected chi connectivity index (χ0v) is 14.4. The van der Waals surface area contributed by atoms with Gasteiger partial charge in [0.05, 0.1) is 0 Å². The summed E-state index contributed by atoms with van der Waals surface area (Å²) in [6.45, 7) is 7.47. The van der Waals surface area contributed by atoms with Gasteiger partial charge >= 0.3 is 0 Å². The molecule has 0 saturated heterocycles. The third-order valence-corrected chi connectivity index (χ3v) is 6.13. The summed E-state index contributed by atoms with van der Waals surface area (Å²) in [4.78, 5) is 0. The molecule has 0 heteroatoms. The van der Waals surface area contributed by atoms with Crippen molar-refractivity contribution >= 4 is 0 Å². The van der Waals surface area contributed by atoms with Crippen LogP contribution in [0.3, 0.4) is 0 Å². The van der Waals surface area contributed by atoms with Crippen LogP contribution in [-0.4, -0.2) is 0 Å². The summed E-state index contributed by atoms with van der Waals surface area (Å²) in [6.07, 6.45) is 18.0. The predicted molar refractivity (Wildman–Crippen MR) is 89.9 cm³/mol. The Morgan fingerprint density at radius 3 is 1.75 bits per heavy atom. The fourth-order valence-corrected chi connectivity index (χ4v) is 4.61. The molecule has 0 N–H and O–H groups in total. The molecule has 2 saturated carbocycles. The summed E-state index contributed by atoms with van der Waals surface area (Å²) >= 11 is 0. The third-order valence-electron chi connectivity index (χ3n) is 6.13. The van der Waals surface area contributed by atoms with Gasteiger partial charge in [0.25, 0.3) is 0 Å². The van der Waals surface area contributed by atoms with Crippen LogP contribution in [0, 0.1) is 29.6 Å². The standard InChI is InChI=1S/C20H38/c1-16-10-8-6-4-5-7-9-11-19(20-15-18(20)3)13-12-17(2)14-16/h16-20H,4-15H2,1-3H3. The molecular formula is C20H38. The van der Waals surface area contributed by atoms with Crippen LogP contribution in [0.2, 0.25) is 0 Å². The normalized spacial score (nSPS) is 41.9. The minimum atomic E-state index is 0.962. The molecule has 118 valence electrons. The van der Waals surface area contributed by atoms with Crippen molar-refractivity contribution in [3.63, 3.8) is 0 Å². The monoisotopic (exact) mass is 278 g/mol. The molecule has 0 aliphatic heterocycles. The van der Waals surface area contributed by atoms with Crippen molar-refractivity contribution in [3.8, 4) is 0 Å². The number of rotatable bonds is 1. The van der Waals surface area contributed by atoms with Gasteiger partial charge in [0.15, 0.2) is 0 Å². The van der Waals surface area contributed by atoms with Gasteiger partial charge in [-0.1, -0.05) is 78.6 Å². The molecule has 2 aliphatic carbocycles. The van der Waals surface area contributed by atoms with E-state index >= 15 is 0 Å². The minimum absolute atomic E-state index is 0.962. The molecule has 2 rings (SSSR count). The third kappa shape index (κ3) is 5.78. The second-order valence-electron chi connectivity index (χ2n) is 8.36. The lowest BCUT2D eigenvalue weighted by molar-refractivity contribution is 0.298. The van der Waals surface area contributed by atoms with E-state index in [4.69, 9.17) is 0 Å². The first-order valence-corrected chi connectivity index (χ1v) is 9.66. The molecule has 0 spiro atoms. The fraction of sp³-hybridized carbons (Fsp3) is 1.00. The molecule has 2 aliphatic rings. The van der Waals surface area contributed by atoms with E-state index in [1.807, 2.05) is 0 Å². The topological polar surface area (TPSA) is 0 Å². The van der Waals surface area contributed by atoms with Crippen LogP contribution in [0.5, 0.6) is 0 Å². The van der Waals surface area contributed by atoms with Crippen molar-refractivity contribution in [1.82, 2.24) is 0 Å². The number of hydrogen-bond donors (Lipinski definition) is 0. The maximum absolute atomic E-state index is 2.51. The Labute approximate surface area is 128 Å². The highest BCUT2D eigenvalue weighted by molar-refractivity contribution is 4.88. The molecule has 0 aromatic rings. The largest absolute Gasteiger partial charge is 0.0625 e. The van der Waals surface area contributed by atoms with E-state index in [2.05, 4.69) is 20.8 Å². The summed E-state index contributed by atoms with van der Waals surface area (Å²) in [6, 6.07) is 0. The van der Waals surface area contributed by atoms with E-state index in [9.17, 15) is 0 Å². The molecule has 0 nitrogen and oxygen atoms in total. The predicted octanol–water partition coefficient (Wildman–Crippen LogP) is 6.84. The molecule has 2 fully saturated rings. The second-order valence-corrected chi connectivity index (χ2v) is 8.36. The highest BCUT2D eigenvalue weighted by Crippen LogP contribution is 2.47. The summed E-state index contributed by atoms with van der Waals surface area (Å²) in [5.41, 5.74) is 0. The lowest BCUT2D eigenvalue weighted by Crippen LogP contribution is -2.10. The Morgan fingerprint density at radius 2 is 1.10 bits per heavy atom. The van der Waals surface area contributed by atoms with Crippen molar-refractivity contribution < 1.29 is 0 Å². The molecular weight excluding hydrogens is 240 g/mol. The van der Waals surface area contributed by atoms with Gasteiger partial charge in [-0.15, -0.1) is 0 Å². The summed E-state index contributed by atoms with van der Waals surface area (Å²) in [5, 5.41) is 0. The Bertz CT molecular complexity index is 257. The van der Waals surface area contributed by atoms with Crippen LogP contribution in [0.15, 0.2) is 0 Å². The Morgan fingerprint density at radius 1 is 0.550 bits per heavy atom. The van der Waals surface area contributed by atoms with Crippen molar-refractivity contribution in [3.05, 3.63) is 0 Å². The highest BCUT2D eigenvalue weighted by Gasteiger charge is 2.38. The van der Waals surface area contributed by atoms with Gasteiger partial charge in [-0.05, 0) is 48.9 Å². The first kappa shape index (κ1) is 16.4. The van der Waals surface area contributed by atoms with Gasteiger partial charge in [0.2, 0.25) is 0 Å². The van der Waals surface area contributed by atoms with Crippen molar-refractivity contribution in [2.75, 3.05) is 0 Å². The molecule has 5 atom stereocenters. The summed E-state index contributed by atoms with van der Waals surface area (Å²) < 4.78 is 0. The van der Waals surface area contributed by atoms with Crippen molar-refractivity contribution in [2.24, 2.45) is 29.6 Å². The van der Waals surface area contributed by atoms with Crippen molar-refractivity contribution in [2.45, 2.75) is 97.8 Å². The van der Waals surface area contributed by atoms with Crippen LogP contribution < -0.4 is 0 Å². The Balaban J connectivity index is 1.80. The average molecular weight is 279 g/mol. The van der Waals surface area contributed by atoms with Gasteiger partial charge in [-0.2, -0.15) is 0 Å². The van der Waals surface area contributed by atoms with Crippen LogP contribution in [0.4, 0.5) is 0 Å². The van der Waals surface area contributed by atoms with E-state index in [0.717, 1.165) is 29.6 Å².